The fourth-order valence-corrected chi connectivity index (χ4v) is 1.46. The van der Waals surface area contributed by atoms with E-state index < -0.39 is 0 Å². The summed E-state index contributed by atoms with van der Waals surface area (Å²) in [6.45, 7) is 0. The van der Waals surface area contributed by atoms with Crippen molar-refractivity contribution in [2.75, 3.05) is 12.4 Å². The van der Waals surface area contributed by atoms with Gasteiger partial charge in [0.2, 0.25) is 0 Å². The van der Waals surface area contributed by atoms with Gasteiger partial charge in [-0.05, 0) is 36.5 Å². The molecule has 1 aromatic carbocycles. The summed E-state index contributed by atoms with van der Waals surface area (Å²) in [6, 6.07) is 8.51. The standard InChI is InChI=1S/C11H10N2O2S/c1-12-11(16)13-8-3-4-9-7(6-8)2-5-10(14)15-9/h2-6H,1H3,(H2,12,13,16). The van der Waals surface area contributed by atoms with Crippen molar-refractivity contribution in [3.63, 3.8) is 0 Å². The Labute approximate surface area is 97.3 Å². The average molecular weight is 234 g/mol. The molecule has 0 amide bonds. The quantitative estimate of drug-likeness (QED) is 0.581. The highest BCUT2D eigenvalue weighted by Crippen LogP contribution is 2.17. The van der Waals surface area contributed by atoms with Gasteiger partial charge in [0.25, 0.3) is 0 Å². The van der Waals surface area contributed by atoms with E-state index in [0.717, 1.165) is 11.1 Å². The monoisotopic (exact) mass is 234 g/mol. The minimum Gasteiger partial charge on any atom is -0.423 e. The fourth-order valence-electron chi connectivity index (χ4n) is 1.34. The molecule has 0 spiro atoms. The lowest BCUT2D eigenvalue weighted by molar-refractivity contribution is 0.561. The Hall–Kier alpha value is -1.88. The highest BCUT2D eigenvalue weighted by Gasteiger charge is 2.00. The predicted octanol–water partition coefficient (Wildman–Crippen LogP) is 1.71. The van der Waals surface area contributed by atoms with Crippen LogP contribution in [0.5, 0.6) is 0 Å². The van der Waals surface area contributed by atoms with E-state index in [1.165, 1.54) is 6.07 Å². The van der Waals surface area contributed by atoms with Gasteiger partial charge in [-0.3, -0.25) is 0 Å². The van der Waals surface area contributed by atoms with E-state index in [9.17, 15) is 4.79 Å². The molecule has 16 heavy (non-hydrogen) atoms. The second-order valence-electron chi connectivity index (χ2n) is 3.21. The summed E-state index contributed by atoms with van der Waals surface area (Å²) in [5.74, 6) is 0. The molecule has 0 radical (unpaired) electrons. The van der Waals surface area contributed by atoms with E-state index in [4.69, 9.17) is 16.6 Å². The molecule has 2 N–H and O–H groups in total. The van der Waals surface area contributed by atoms with Gasteiger partial charge in [-0.2, -0.15) is 0 Å². The second-order valence-corrected chi connectivity index (χ2v) is 3.62. The second kappa shape index (κ2) is 4.32. The van der Waals surface area contributed by atoms with E-state index in [1.54, 1.807) is 25.2 Å². The van der Waals surface area contributed by atoms with Gasteiger partial charge < -0.3 is 15.1 Å². The van der Waals surface area contributed by atoms with E-state index in [-0.39, 0.29) is 5.63 Å². The molecule has 4 nitrogen and oxygen atoms in total. The SMILES string of the molecule is CNC(=S)Nc1ccc2oc(=O)ccc2c1. The predicted molar refractivity (Wildman–Crippen MR) is 67.8 cm³/mol. The number of thiocarbonyl (C=S) groups is 1. The minimum atomic E-state index is -0.348. The molecule has 0 aliphatic carbocycles. The third-order valence-corrected chi connectivity index (χ3v) is 2.41. The number of anilines is 1. The van der Waals surface area contributed by atoms with Crippen LogP contribution in [0.25, 0.3) is 11.0 Å². The largest absolute Gasteiger partial charge is 0.423 e. The van der Waals surface area contributed by atoms with E-state index in [0.29, 0.717) is 10.7 Å². The van der Waals surface area contributed by atoms with Crippen molar-refractivity contribution in [2.45, 2.75) is 0 Å². The van der Waals surface area contributed by atoms with Gasteiger partial charge in [0.05, 0.1) is 0 Å². The highest BCUT2D eigenvalue weighted by molar-refractivity contribution is 7.80. The summed E-state index contributed by atoms with van der Waals surface area (Å²) in [5.41, 5.74) is 1.06. The van der Waals surface area contributed by atoms with Crippen LogP contribution in [-0.2, 0) is 0 Å². The van der Waals surface area contributed by atoms with Crippen molar-refractivity contribution >= 4 is 34.0 Å². The molecule has 0 unspecified atom stereocenters. The molecule has 0 aliphatic rings. The van der Waals surface area contributed by atoms with E-state index in [2.05, 4.69) is 10.6 Å². The first-order chi connectivity index (χ1) is 7.69. The van der Waals surface area contributed by atoms with Crippen LogP contribution < -0.4 is 16.3 Å². The molecule has 0 aliphatic heterocycles. The first kappa shape index (κ1) is 10.6. The lowest BCUT2D eigenvalue weighted by atomic mass is 10.2. The Morgan fingerprint density at radius 2 is 2.12 bits per heavy atom. The van der Waals surface area contributed by atoms with Gasteiger partial charge in [0, 0.05) is 24.2 Å². The van der Waals surface area contributed by atoms with Gasteiger partial charge in [-0.1, -0.05) is 0 Å². The topological polar surface area (TPSA) is 54.3 Å². The molecular formula is C11H10N2O2S. The Balaban J connectivity index is 2.40. The molecule has 1 aromatic heterocycles. The first-order valence-electron chi connectivity index (χ1n) is 4.72. The zero-order valence-electron chi connectivity index (χ0n) is 8.61. The Kier molecular flexibility index (Phi) is 2.87. The van der Waals surface area contributed by atoms with Gasteiger partial charge in [0.15, 0.2) is 5.11 Å². The van der Waals surface area contributed by atoms with Crippen molar-refractivity contribution in [3.8, 4) is 0 Å². The molecule has 0 fully saturated rings. The number of hydrogen-bond acceptors (Lipinski definition) is 3. The number of benzene rings is 1. The Morgan fingerprint density at radius 3 is 2.88 bits per heavy atom. The van der Waals surface area contributed by atoms with Crippen LogP contribution in [0.3, 0.4) is 0 Å². The van der Waals surface area contributed by atoms with Crippen LogP contribution in [0, 0.1) is 0 Å². The normalized spacial score (nSPS) is 10.1. The molecule has 0 atom stereocenters. The molecule has 0 bridgehead atoms. The number of rotatable bonds is 1. The fraction of sp³-hybridized carbons (Fsp3) is 0.0909. The average Bonchev–Trinajstić information content (AvgIpc) is 2.29. The molecular weight excluding hydrogens is 224 g/mol. The molecule has 0 saturated heterocycles. The van der Waals surface area contributed by atoms with Crippen LogP contribution in [0.2, 0.25) is 0 Å². The number of hydrogen-bond donors (Lipinski definition) is 2. The van der Waals surface area contributed by atoms with Gasteiger partial charge >= 0.3 is 5.63 Å². The Morgan fingerprint density at radius 1 is 1.31 bits per heavy atom. The first-order valence-corrected chi connectivity index (χ1v) is 5.12. The van der Waals surface area contributed by atoms with Crippen LogP contribution >= 0.6 is 12.2 Å². The lowest BCUT2D eigenvalue weighted by Crippen LogP contribution is -2.23. The van der Waals surface area contributed by atoms with E-state index in [1.807, 2.05) is 6.07 Å². The summed E-state index contributed by atoms with van der Waals surface area (Å²) in [4.78, 5) is 11.0. The molecule has 2 rings (SSSR count). The summed E-state index contributed by atoms with van der Waals surface area (Å²) in [7, 11) is 1.75. The summed E-state index contributed by atoms with van der Waals surface area (Å²) >= 11 is 4.99. The van der Waals surface area contributed by atoms with Crippen molar-refractivity contribution in [1.82, 2.24) is 5.32 Å². The zero-order valence-corrected chi connectivity index (χ0v) is 9.43. The highest BCUT2D eigenvalue weighted by atomic mass is 32.1. The maximum atomic E-state index is 11.0. The van der Waals surface area contributed by atoms with Crippen LogP contribution in [0.1, 0.15) is 0 Å². The zero-order chi connectivity index (χ0) is 11.5. The molecule has 82 valence electrons. The molecule has 1 heterocycles. The number of nitrogens with one attached hydrogen (secondary N) is 2. The summed E-state index contributed by atoms with van der Waals surface area (Å²) in [5, 5.41) is 7.21. The summed E-state index contributed by atoms with van der Waals surface area (Å²) in [6.07, 6.45) is 0. The maximum absolute atomic E-state index is 11.0. The van der Waals surface area contributed by atoms with Crippen molar-refractivity contribution < 1.29 is 4.42 Å². The van der Waals surface area contributed by atoms with E-state index >= 15 is 0 Å². The summed E-state index contributed by atoms with van der Waals surface area (Å²) < 4.78 is 5.02. The number of fused-ring (bicyclic) bond motifs is 1. The maximum Gasteiger partial charge on any atom is 0.336 e. The van der Waals surface area contributed by atoms with Crippen LogP contribution in [0.15, 0.2) is 39.5 Å². The molecule has 0 saturated carbocycles. The van der Waals surface area contributed by atoms with Crippen molar-refractivity contribution in [1.29, 1.82) is 0 Å². The van der Waals surface area contributed by atoms with Gasteiger partial charge in [-0.15, -0.1) is 0 Å². The lowest BCUT2D eigenvalue weighted by Gasteiger charge is -2.07. The smallest absolute Gasteiger partial charge is 0.336 e. The third kappa shape index (κ3) is 2.20. The molecule has 5 heteroatoms. The van der Waals surface area contributed by atoms with Crippen molar-refractivity contribution in [3.05, 3.63) is 40.8 Å². The van der Waals surface area contributed by atoms with Gasteiger partial charge in [-0.25, -0.2) is 4.79 Å². The van der Waals surface area contributed by atoms with Crippen LogP contribution in [-0.4, -0.2) is 12.2 Å². The molecule has 2 aromatic rings. The van der Waals surface area contributed by atoms with Crippen molar-refractivity contribution in [2.24, 2.45) is 0 Å². The Bertz CT molecular complexity index is 592. The third-order valence-electron chi connectivity index (χ3n) is 2.10. The minimum absolute atomic E-state index is 0.348. The van der Waals surface area contributed by atoms with Gasteiger partial charge in [0.1, 0.15) is 5.58 Å². The van der Waals surface area contributed by atoms with Crippen LogP contribution in [0.4, 0.5) is 5.69 Å².